The first kappa shape index (κ1) is 19.9. The van der Waals surface area contributed by atoms with E-state index in [9.17, 15) is 9.90 Å². The van der Waals surface area contributed by atoms with E-state index in [4.69, 9.17) is 4.99 Å². The number of thioether (sulfide) groups is 1. The molecule has 1 saturated carbocycles. The molecule has 1 amide bonds. The van der Waals surface area contributed by atoms with E-state index in [0.717, 1.165) is 22.4 Å². The fourth-order valence-corrected chi connectivity index (χ4v) is 5.69. The summed E-state index contributed by atoms with van der Waals surface area (Å²) in [6.45, 7) is 0. The third kappa shape index (κ3) is 3.86. The minimum absolute atomic E-state index is 0.172. The Hall–Kier alpha value is -3.03. The van der Waals surface area contributed by atoms with Gasteiger partial charge in [-0.2, -0.15) is 0 Å². The molecule has 3 unspecified atom stereocenters. The molecule has 2 heterocycles. The molecule has 0 spiro atoms. The number of amides is 1. The van der Waals surface area contributed by atoms with Gasteiger partial charge in [0.15, 0.2) is 5.17 Å². The highest BCUT2D eigenvalue weighted by molar-refractivity contribution is 8.13. The molecule has 1 aliphatic carbocycles. The molecule has 3 atom stereocenters. The quantitative estimate of drug-likeness (QED) is 0.662. The summed E-state index contributed by atoms with van der Waals surface area (Å²) in [5.41, 5.74) is 3.02. The summed E-state index contributed by atoms with van der Waals surface area (Å²) in [5.74, 6) is 0.824. The summed E-state index contributed by atoms with van der Waals surface area (Å²) in [7, 11) is 0. The SMILES string of the molecule is O=C(NC1=NC2(c3cccc(-c4cncnc4)c3)CC(O)CC2CS1)c1ccccc1. The molecule has 2 aromatic carbocycles. The lowest BCUT2D eigenvalue weighted by atomic mass is 9.80. The molecule has 1 fully saturated rings. The van der Waals surface area contributed by atoms with E-state index < -0.39 is 11.6 Å². The lowest BCUT2D eigenvalue weighted by Gasteiger charge is -2.36. The number of nitrogens with zero attached hydrogens (tertiary/aromatic N) is 3. The standard InChI is InChI=1S/C24H22N4O2S/c29-21-10-20-14-31-23(27-22(30)16-5-2-1-3-6-16)28-24(20,11-21)19-8-4-7-17(9-19)18-12-25-15-26-13-18/h1-9,12-13,15,20-21,29H,10-11,14H2,(H,27,28,30). The second-order valence-electron chi connectivity index (χ2n) is 7.97. The van der Waals surface area contributed by atoms with E-state index in [1.54, 1.807) is 36.3 Å². The van der Waals surface area contributed by atoms with Gasteiger partial charge in [-0.15, -0.1) is 0 Å². The van der Waals surface area contributed by atoms with E-state index in [-0.39, 0.29) is 11.8 Å². The van der Waals surface area contributed by atoms with Gasteiger partial charge >= 0.3 is 0 Å². The zero-order valence-corrected chi connectivity index (χ0v) is 17.6. The van der Waals surface area contributed by atoms with Crippen LogP contribution in [0, 0.1) is 5.92 Å². The Morgan fingerprint density at radius 3 is 2.68 bits per heavy atom. The van der Waals surface area contributed by atoms with Crippen molar-refractivity contribution in [1.82, 2.24) is 15.3 Å². The summed E-state index contributed by atoms with van der Waals surface area (Å²) >= 11 is 1.55. The van der Waals surface area contributed by atoms with Crippen LogP contribution in [0.3, 0.4) is 0 Å². The molecule has 0 bridgehead atoms. The maximum absolute atomic E-state index is 12.7. The monoisotopic (exact) mass is 430 g/mol. The van der Waals surface area contributed by atoms with E-state index in [0.29, 0.717) is 23.6 Å². The van der Waals surface area contributed by atoms with E-state index in [2.05, 4.69) is 27.4 Å². The van der Waals surface area contributed by atoms with Crippen LogP contribution in [0.15, 0.2) is 78.3 Å². The Morgan fingerprint density at radius 1 is 1.06 bits per heavy atom. The number of rotatable bonds is 3. The molecule has 0 saturated heterocycles. The second kappa shape index (κ2) is 8.24. The predicted molar refractivity (Wildman–Crippen MR) is 122 cm³/mol. The van der Waals surface area contributed by atoms with Crippen LogP contribution in [0.5, 0.6) is 0 Å². The van der Waals surface area contributed by atoms with Crippen molar-refractivity contribution >= 4 is 22.8 Å². The van der Waals surface area contributed by atoms with Crippen LogP contribution in [-0.4, -0.2) is 38.0 Å². The third-order valence-electron chi connectivity index (χ3n) is 6.01. The van der Waals surface area contributed by atoms with Crippen molar-refractivity contribution in [3.05, 3.63) is 84.4 Å². The lowest BCUT2D eigenvalue weighted by Crippen LogP contribution is -2.40. The first-order valence-corrected chi connectivity index (χ1v) is 11.3. The largest absolute Gasteiger partial charge is 0.393 e. The molecule has 1 aromatic heterocycles. The van der Waals surface area contributed by atoms with Gasteiger partial charge in [0.2, 0.25) is 0 Å². The van der Waals surface area contributed by atoms with E-state index >= 15 is 0 Å². The summed E-state index contributed by atoms with van der Waals surface area (Å²) in [6.07, 6.45) is 5.92. The summed E-state index contributed by atoms with van der Waals surface area (Å²) in [4.78, 5) is 26.0. The number of benzene rings is 2. The smallest absolute Gasteiger partial charge is 0.257 e. The van der Waals surface area contributed by atoms with Crippen molar-refractivity contribution in [2.24, 2.45) is 10.9 Å². The summed E-state index contributed by atoms with van der Waals surface area (Å²) < 4.78 is 0. The van der Waals surface area contributed by atoms with Crippen molar-refractivity contribution in [2.45, 2.75) is 24.5 Å². The molecule has 1 aliphatic heterocycles. The zero-order valence-electron chi connectivity index (χ0n) is 16.8. The average molecular weight is 431 g/mol. The van der Waals surface area contributed by atoms with Gasteiger partial charge < -0.3 is 10.4 Å². The molecular formula is C24H22N4O2S. The van der Waals surface area contributed by atoms with Gasteiger partial charge in [-0.05, 0) is 35.7 Å². The van der Waals surface area contributed by atoms with Gasteiger partial charge in [0.05, 0.1) is 11.6 Å². The van der Waals surface area contributed by atoms with Crippen LogP contribution in [0.4, 0.5) is 0 Å². The highest BCUT2D eigenvalue weighted by atomic mass is 32.2. The van der Waals surface area contributed by atoms with Crippen LogP contribution < -0.4 is 5.32 Å². The highest BCUT2D eigenvalue weighted by Gasteiger charge is 2.50. The Labute approximate surface area is 184 Å². The topological polar surface area (TPSA) is 87.5 Å². The van der Waals surface area contributed by atoms with Crippen molar-refractivity contribution < 1.29 is 9.90 Å². The van der Waals surface area contributed by atoms with Gasteiger partial charge in [0.25, 0.3) is 5.91 Å². The molecule has 6 nitrogen and oxygen atoms in total. The third-order valence-corrected chi connectivity index (χ3v) is 7.05. The Morgan fingerprint density at radius 2 is 1.87 bits per heavy atom. The van der Waals surface area contributed by atoms with Crippen LogP contribution in [0.25, 0.3) is 11.1 Å². The average Bonchev–Trinajstić information content (AvgIpc) is 3.16. The Kier molecular flexibility index (Phi) is 5.29. The summed E-state index contributed by atoms with van der Waals surface area (Å²) in [5, 5.41) is 14.1. The number of hydrogen-bond donors (Lipinski definition) is 2. The van der Waals surface area contributed by atoms with Crippen molar-refractivity contribution in [3.8, 4) is 11.1 Å². The molecule has 0 radical (unpaired) electrons. The van der Waals surface area contributed by atoms with Gasteiger partial charge in [0.1, 0.15) is 6.33 Å². The number of amidine groups is 1. The number of aromatic nitrogens is 2. The normalized spacial score (nSPS) is 24.9. The first-order chi connectivity index (χ1) is 15.1. The molecule has 2 aliphatic rings. The molecule has 5 rings (SSSR count). The molecule has 3 aromatic rings. The maximum atomic E-state index is 12.7. The number of carbonyl (C=O) groups is 1. The number of carbonyl (C=O) groups excluding carboxylic acids is 1. The molecule has 156 valence electrons. The number of fused-ring (bicyclic) bond motifs is 1. The van der Waals surface area contributed by atoms with Crippen molar-refractivity contribution in [1.29, 1.82) is 0 Å². The highest BCUT2D eigenvalue weighted by Crippen LogP contribution is 2.51. The van der Waals surface area contributed by atoms with E-state index in [1.165, 1.54) is 6.33 Å². The van der Waals surface area contributed by atoms with Crippen LogP contribution >= 0.6 is 11.8 Å². The zero-order chi connectivity index (χ0) is 21.3. The minimum atomic E-state index is -0.560. The fourth-order valence-electron chi connectivity index (χ4n) is 4.53. The fraction of sp³-hybridized carbons (Fsp3) is 0.250. The minimum Gasteiger partial charge on any atom is -0.393 e. The van der Waals surface area contributed by atoms with Gasteiger partial charge in [-0.25, -0.2) is 9.97 Å². The lowest BCUT2D eigenvalue weighted by molar-refractivity contribution is 0.0977. The first-order valence-electron chi connectivity index (χ1n) is 10.3. The summed E-state index contributed by atoms with van der Waals surface area (Å²) in [6, 6.07) is 17.3. The molecular weight excluding hydrogens is 408 g/mol. The number of aliphatic hydroxyl groups is 1. The number of aliphatic imine (C=N–C) groups is 1. The van der Waals surface area contributed by atoms with Crippen LogP contribution in [0.2, 0.25) is 0 Å². The molecule has 31 heavy (non-hydrogen) atoms. The van der Waals surface area contributed by atoms with Crippen molar-refractivity contribution in [3.63, 3.8) is 0 Å². The number of hydrogen-bond acceptors (Lipinski definition) is 6. The van der Waals surface area contributed by atoms with Gasteiger partial charge in [0, 0.05) is 41.6 Å². The number of aliphatic hydroxyl groups excluding tert-OH is 1. The van der Waals surface area contributed by atoms with Crippen molar-refractivity contribution in [2.75, 3.05) is 5.75 Å². The van der Waals surface area contributed by atoms with Gasteiger partial charge in [-0.1, -0.05) is 48.2 Å². The molecule has 7 heteroatoms. The Bertz CT molecular complexity index is 1120. The maximum Gasteiger partial charge on any atom is 0.257 e. The van der Waals surface area contributed by atoms with E-state index in [1.807, 2.05) is 30.3 Å². The van der Waals surface area contributed by atoms with Gasteiger partial charge in [-0.3, -0.25) is 9.79 Å². The predicted octanol–water partition coefficient (Wildman–Crippen LogP) is 3.64. The Balaban J connectivity index is 1.51. The number of nitrogens with one attached hydrogen (secondary N) is 1. The molecule has 2 N–H and O–H groups in total. The van der Waals surface area contributed by atoms with Crippen LogP contribution in [0.1, 0.15) is 28.8 Å². The van der Waals surface area contributed by atoms with Crippen LogP contribution in [-0.2, 0) is 5.54 Å². The second-order valence-corrected chi connectivity index (χ2v) is 8.98.